The van der Waals surface area contributed by atoms with Gasteiger partial charge in [0.2, 0.25) is 0 Å². The lowest BCUT2D eigenvalue weighted by molar-refractivity contribution is 0.102. The Morgan fingerprint density at radius 1 is 1.26 bits per heavy atom. The van der Waals surface area contributed by atoms with Crippen molar-refractivity contribution >= 4 is 28.9 Å². The van der Waals surface area contributed by atoms with Crippen LogP contribution in [0.5, 0.6) is 0 Å². The summed E-state index contributed by atoms with van der Waals surface area (Å²) in [5.74, 6) is -0.738. The molecule has 0 bridgehead atoms. The van der Waals surface area contributed by atoms with Crippen molar-refractivity contribution in [1.82, 2.24) is 0 Å². The summed E-state index contributed by atoms with van der Waals surface area (Å²) in [6, 6.07) is 9.08. The molecule has 0 saturated heterocycles. The van der Waals surface area contributed by atoms with E-state index >= 15 is 0 Å². The molecule has 0 radical (unpaired) electrons. The fourth-order valence-electron chi connectivity index (χ4n) is 1.54. The third-order valence-corrected chi connectivity index (χ3v) is 3.02. The molecule has 98 valence electrons. The van der Waals surface area contributed by atoms with Gasteiger partial charge in [0.1, 0.15) is 5.82 Å². The number of benzene rings is 2. The summed E-state index contributed by atoms with van der Waals surface area (Å²) in [6.45, 7) is 1.65. The first kappa shape index (κ1) is 13.4. The first-order chi connectivity index (χ1) is 8.97. The number of rotatable bonds is 2. The van der Waals surface area contributed by atoms with Crippen LogP contribution in [0.4, 0.5) is 15.8 Å². The summed E-state index contributed by atoms with van der Waals surface area (Å²) >= 11 is 5.84. The van der Waals surface area contributed by atoms with Crippen molar-refractivity contribution < 1.29 is 9.18 Å². The van der Waals surface area contributed by atoms with Crippen LogP contribution in [0.15, 0.2) is 36.4 Å². The van der Waals surface area contributed by atoms with Crippen molar-refractivity contribution in [2.45, 2.75) is 6.92 Å². The van der Waals surface area contributed by atoms with Crippen LogP contribution in [-0.4, -0.2) is 5.91 Å². The number of hydrogen-bond acceptors (Lipinski definition) is 2. The number of nitrogens with two attached hydrogens (primary N) is 1. The Bertz CT molecular complexity index is 643. The molecule has 5 heteroatoms. The average Bonchev–Trinajstić information content (AvgIpc) is 2.37. The zero-order chi connectivity index (χ0) is 14.0. The predicted octanol–water partition coefficient (Wildman–Crippen LogP) is 3.62. The van der Waals surface area contributed by atoms with Gasteiger partial charge in [0.15, 0.2) is 0 Å². The standard InChI is InChI=1S/C14H12ClFN2O/c1-8-2-4-10(7-12(8)16)18-14(19)9-3-5-13(17)11(15)6-9/h2-7H,17H2,1H3,(H,18,19). The molecule has 1 amide bonds. The molecule has 3 N–H and O–H groups in total. The first-order valence-electron chi connectivity index (χ1n) is 5.60. The first-order valence-corrected chi connectivity index (χ1v) is 5.97. The summed E-state index contributed by atoms with van der Waals surface area (Å²) in [4.78, 5) is 11.9. The summed E-state index contributed by atoms with van der Waals surface area (Å²) in [5, 5.41) is 2.90. The fraction of sp³-hybridized carbons (Fsp3) is 0.0714. The van der Waals surface area contributed by atoms with E-state index in [0.717, 1.165) is 0 Å². The van der Waals surface area contributed by atoms with Gasteiger partial charge < -0.3 is 11.1 Å². The molecule has 0 aliphatic heterocycles. The van der Waals surface area contributed by atoms with Crippen LogP contribution in [0.2, 0.25) is 5.02 Å². The van der Waals surface area contributed by atoms with Gasteiger partial charge in [0.05, 0.1) is 10.7 Å². The Kier molecular flexibility index (Phi) is 3.71. The van der Waals surface area contributed by atoms with Crippen molar-refractivity contribution in [2.24, 2.45) is 0 Å². The molecular formula is C14H12ClFN2O. The number of amides is 1. The molecule has 2 rings (SSSR count). The number of nitrogens with one attached hydrogen (secondary N) is 1. The van der Waals surface area contributed by atoms with Crippen molar-refractivity contribution in [1.29, 1.82) is 0 Å². The Balaban J connectivity index is 2.20. The summed E-state index contributed by atoms with van der Waals surface area (Å²) in [7, 11) is 0. The Morgan fingerprint density at radius 3 is 2.63 bits per heavy atom. The van der Waals surface area contributed by atoms with E-state index in [1.807, 2.05) is 0 Å². The minimum absolute atomic E-state index is 0.308. The van der Waals surface area contributed by atoms with Gasteiger partial charge in [0, 0.05) is 11.3 Å². The largest absolute Gasteiger partial charge is 0.398 e. The number of carbonyl (C=O) groups excluding carboxylic acids is 1. The summed E-state index contributed by atoms with van der Waals surface area (Å²) < 4.78 is 13.4. The van der Waals surface area contributed by atoms with Gasteiger partial charge in [-0.3, -0.25) is 4.79 Å². The lowest BCUT2D eigenvalue weighted by Gasteiger charge is -2.07. The highest BCUT2D eigenvalue weighted by Gasteiger charge is 2.09. The zero-order valence-corrected chi connectivity index (χ0v) is 11.0. The monoisotopic (exact) mass is 278 g/mol. The number of anilines is 2. The number of hydrogen-bond donors (Lipinski definition) is 2. The van der Waals surface area contributed by atoms with Crippen molar-refractivity contribution in [3.05, 3.63) is 58.4 Å². The molecule has 3 nitrogen and oxygen atoms in total. The Hall–Kier alpha value is -2.07. The van der Waals surface area contributed by atoms with Crippen LogP contribution in [0, 0.1) is 12.7 Å². The maximum atomic E-state index is 13.4. The van der Waals surface area contributed by atoms with E-state index in [4.69, 9.17) is 17.3 Å². The molecule has 0 spiro atoms. The van der Waals surface area contributed by atoms with Gasteiger partial charge in [-0.25, -0.2) is 4.39 Å². The van der Waals surface area contributed by atoms with E-state index in [1.165, 1.54) is 12.1 Å². The molecule has 19 heavy (non-hydrogen) atoms. The van der Waals surface area contributed by atoms with E-state index in [9.17, 15) is 9.18 Å². The van der Waals surface area contributed by atoms with Crippen molar-refractivity contribution in [3.63, 3.8) is 0 Å². The second-order valence-electron chi connectivity index (χ2n) is 4.15. The van der Waals surface area contributed by atoms with Crippen LogP contribution in [-0.2, 0) is 0 Å². The second-order valence-corrected chi connectivity index (χ2v) is 4.56. The highest BCUT2D eigenvalue weighted by atomic mass is 35.5. The maximum Gasteiger partial charge on any atom is 0.255 e. The van der Waals surface area contributed by atoms with Crippen molar-refractivity contribution in [2.75, 3.05) is 11.1 Å². The third kappa shape index (κ3) is 3.03. The quantitative estimate of drug-likeness (QED) is 0.824. The van der Waals surface area contributed by atoms with E-state index in [2.05, 4.69) is 5.32 Å². The number of nitrogen functional groups attached to an aromatic ring is 1. The molecular weight excluding hydrogens is 267 g/mol. The normalized spacial score (nSPS) is 10.3. The minimum Gasteiger partial charge on any atom is -0.398 e. The smallest absolute Gasteiger partial charge is 0.255 e. The van der Waals surface area contributed by atoms with E-state index in [1.54, 1.807) is 31.2 Å². The molecule has 0 saturated carbocycles. The third-order valence-electron chi connectivity index (χ3n) is 2.69. The number of carbonyl (C=O) groups is 1. The Morgan fingerprint density at radius 2 is 2.00 bits per heavy atom. The Labute approximate surface area is 115 Å². The zero-order valence-electron chi connectivity index (χ0n) is 10.2. The van der Waals surface area contributed by atoms with E-state index < -0.39 is 0 Å². The molecule has 2 aromatic rings. The molecule has 0 heterocycles. The molecule has 0 aromatic heterocycles. The second kappa shape index (κ2) is 5.28. The number of halogens is 2. The van der Waals surface area contributed by atoms with Gasteiger partial charge in [-0.15, -0.1) is 0 Å². The van der Waals surface area contributed by atoms with Crippen LogP contribution in [0.3, 0.4) is 0 Å². The highest BCUT2D eigenvalue weighted by Crippen LogP contribution is 2.21. The van der Waals surface area contributed by atoms with Gasteiger partial charge in [0.25, 0.3) is 5.91 Å². The predicted molar refractivity (Wildman–Crippen MR) is 75.0 cm³/mol. The van der Waals surface area contributed by atoms with Crippen molar-refractivity contribution in [3.8, 4) is 0 Å². The lowest BCUT2D eigenvalue weighted by atomic mass is 10.1. The highest BCUT2D eigenvalue weighted by molar-refractivity contribution is 6.33. The van der Waals surface area contributed by atoms with Gasteiger partial charge >= 0.3 is 0 Å². The van der Waals surface area contributed by atoms with Gasteiger partial charge in [-0.2, -0.15) is 0 Å². The van der Waals surface area contributed by atoms with Gasteiger partial charge in [-0.1, -0.05) is 17.7 Å². The van der Waals surface area contributed by atoms with Crippen LogP contribution in [0.25, 0.3) is 0 Å². The number of aryl methyl sites for hydroxylation is 1. The van der Waals surface area contributed by atoms with E-state index in [-0.39, 0.29) is 11.7 Å². The maximum absolute atomic E-state index is 13.4. The molecule has 0 unspecified atom stereocenters. The fourth-order valence-corrected chi connectivity index (χ4v) is 1.72. The van der Waals surface area contributed by atoms with Crippen LogP contribution < -0.4 is 11.1 Å². The van der Waals surface area contributed by atoms with E-state index in [0.29, 0.717) is 27.5 Å². The van der Waals surface area contributed by atoms with Gasteiger partial charge in [-0.05, 0) is 42.8 Å². The minimum atomic E-state index is -0.370. The molecule has 0 atom stereocenters. The summed E-state index contributed by atoms with van der Waals surface area (Å²) in [5.41, 5.74) is 7.24. The topological polar surface area (TPSA) is 55.1 Å². The molecule has 0 fully saturated rings. The van der Waals surface area contributed by atoms with Crippen LogP contribution >= 0.6 is 11.6 Å². The van der Waals surface area contributed by atoms with Crippen LogP contribution in [0.1, 0.15) is 15.9 Å². The molecule has 0 aliphatic rings. The summed E-state index contributed by atoms with van der Waals surface area (Å²) in [6.07, 6.45) is 0. The lowest BCUT2D eigenvalue weighted by Crippen LogP contribution is -2.12. The molecule has 0 aliphatic carbocycles. The SMILES string of the molecule is Cc1ccc(NC(=O)c2ccc(N)c(Cl)c2)cc1F. The molecule has 2 aromatic carbocycles. The average molecular weight is 279 g/mol.